The van der Waals surface area contributed by atoms with Crippen LogP contribution in [-0.2, 0) is 4.74 Å². The maximum atomic E-state index is 14.1. The Bertz CT molecular complexity index is 1090. The van der Waals surface area contributed by atoms with Crippen molar-refractivity contribution in [3.05, 3.63) is 71.2 Å². The summed E-state index contributed by atoms with van der Waals surface area (Å²) in [6.45, 7) is 5.63. The second-order valence-electron chi connectivity index (χ2n) is 6.41. The Balaban J connectivity index is 0.00000124. The number of hydrogen-bond acceptors (Lipinski definition) is 5. The molecule has 1 atom stereocenters. The van der Waals surface area contributed by atoms with Crippen LogP contribution in [0.2, 0.25) is 0 Å². The lowest BCUT2D eigenvalue weighted by atomic mass is 9.87. The number of amidine groups is 1. The molecule has 1 unspecified atom stereocenters. The molecule has 4 rings (SSSR count). The molecule has 0 fully saturated rings. The summed E-state index contributed by atoms with van der Waals surface area (Å²) in [5.41, 5.74) is 7.95. The molecule has 8 heteroatoms. The average molecular weight is 412 g/mol. The highest BCUT2D eigenvalue weighted by Gasteiger charge is 2.31. The van der Waals surface area contributed by atoms with E-state index in [1.807, 2.05) is 13.8 Å². The molecule has 156 valence electrons. The Kier molecular flexibility index (Phi) is 6.25. The van der Waals surface area contributed by atoms with Crippen molar-refractivity contribution >= 4 is 6.02 Å². The molecule has 0 aliphatic carbocycles. The molecule has 3 aromatic rings. The Morgan fingerprint density at radius 2 is 1.93 bits per heavy atom. The predicted octanol–water partition coefficient (Wildman–Crippen LogP) is 4.90. The van der Waals surface area contributed by atoms with Crippen LogP contribution in [0.25, 0.3) is 11.1 Å². The molecule has 2 aromatic heterocycles. The Hall–Kier alpha value is -3.55. The lowest BCUT2D eigenvalue weighted by Crippen LogP contribution is -2.22. The van der Waals surface area contributed by atoms with Crippen LogP contribution in [0.1, 0.15) is 36.5 Å². The van der Waals surface area contributed by atoms with Gasteiger partial charge in [0.15, 0.2) is 0 Å². The Morgan fingerprint density at radius 1 is 1.17 bits per heavy atom. The first-order valence-electron chi connectivity index (χ1n) is 9.50. The van der Waals surface area contributed by atoms with Crippen LogP contribution in [0.3, 0.4) is 0 Å². The number of benzene rings is 1. The van der Waals surface area contributed by atoms with E-state index in [1.54, 1.807) is 43.3 Å². The zero-order valence-electron chi connectivity index (χ0n) is 16.9. The molecule has 0 radical (unpaired) electrons. The van der Waals surface area contributed by atoms with Gasteiger partial charge in [-0.1, -0.05) is 19.9 Å². The van der Waals surface area contributed by atoms with Crippen LogP contribution in [0.5, 0.6) is 11.6 Å². The van der Waals surface area contributed by atoms with E-state index in [0.717, 1.165) is 0 Å². The molecule has 0 amide bonds. The lowest BCUT2D eigenvalue weighted by molar-refractivity contribution is 0.272. The van der Waals surface area contributed by atoms with Crippen LogP contribution >= 0.6 is 0 Å². The summed E-state index contributed by atoms with van der Waals surface area (Å²) in [6, 6.07) is 9.60. The van der Waals surface area contributed by atoms with E-state index in [-0.39, 0.29) is 12.5 Å². The van der Waals surface area contributed by atoms with Gasteiger partial charge in [-0.3, -0.25) is 5.41 Å². The number of nitrogens with zero attached hydrogens (tertiary/aromatic N) is 2. The molecule has 3 heterocycles. The minimum absolute atomic E-state index is 0.0322. The number of pyridine rings is 2. The molecule has 0 saturated heterocycles. The van der Waals surface area contributed by atoms with Crippen LogP contribution < -0.4 is 10.5 Å². The van der Waals surface area contributed by atoms with Crippen molar-refractivity contribution in [1.29, 1.82) is 5.41 Å². The zero-order valence-corrected chi connectivity index (χ0v) is 16.9. The standard InChI is InChI=1S/C20H16F2N4O2.C2H6/c1-10-7-14-15(9-27-20(23)24)13-8-11(12-3-2-6-25-18(12)22)4-5-16(13)28-19(14)26-17(10)21;1-2/h2-8,15H,9H2,1H3,(H3,23,24);1-2H3. The van der Waals surface area contributed by atoms with Gasteiger partial charge in [-0.25, -0.2) is 4.98 Å². The number of aryl methyl sites for hydroxylation is 1. The smallest absolute Gasteiger partial charge is 0.279 e. The van der Waals surface area contributed by atoms with E-state index in [9.17, 15) is 8.78 Å². The molecule has 1 aliphatic heterocycles. The summed E-state index contributed by atoms with van der Waals surface area (Å²) in [5.74, 6) is -1.05. The molecule has 0 saturated carbocycles. The minimum atomic E-state index is -0.623. The van der Waals surface area contributed by atoms with E-state index in [1.165, 1.54) is 6.20 Å². The Labute approximate surface area is 173 Å². The molecular weight excluding hydrogens is 390 g/mol. The second kappa shape index (κ2) is 8.86. The summed E-state index contributed by atoms with van der Waals surface area (Å²) >= 11 is 0. The number of halogens is 2. The Morgan fingerprint density at radius 3 is 2.63 bits per heavy atom. The normalized spacial score (nSPS) is 13.8. The zero-order chi connectivity index (χ0) is 21.8. The van der Waals surface area contributed by atoms with Crippen LogP contribution in [0, 0.1) is 24.2 Å². The van der Waals surface area contributed by atoms with Crippen molar-refractivity contribution in [3.8, 4) is 22.8 Å². The highest BCUT2D eigenvalue weighted by Crippen LogP contribution is 2.45. The molecular formula is C22H22F2N4O2. The van der Waals surface area contributed by atoms with Crippen molar-refractivity contribution in [3.63, 3.8) is 0 Å². The monoisotopic (exact) mass is 412 g/mol. The number of rotatable bonds is 3. The van der Waals surface area contributed by atoms with Gasteiger partial charge in [-0.05, 0) is 42.8 Å². The van der Waals surface area contributed by atoms with Crippen molar-refractivity contribution < 1.29 is 18.3 Å². The van der Waals surface area contributed by atoms with Crippen molar-refractivity contribution in [1.82, 2.24) is 9.97 Å². The van der Waals surface area contributed by atoms with Crippen molar-refractivity contribution in [2.45, 2.75) is 26.7 Å². The first-order chi connectivity index (χ1) is 14.4. The quantitative estimate of drug-likeness (QED) is 0.362. The second-order valence-corrected chi connectivity index (χ2v) is 6.41. The van der Waals surface area contributed by atoms with Crippen molar-refractivity contribution in [2.75, 3.05) is 6.61 Å². The van der Waals surface area contributed by atoms with E-state index in [2.05, 4.69) is 9.97 Å². The van der Waals surface area contributed by atoms with Crippen LogP contribution in [-0.4, -0.2) is 22.6 Å². The third-order valence-corrected chi connectivity index (χ3v) is 4.59. The molecule has 3 N–H and O–H groups in total. The van der Waals surface area contributed by atoms with Gasteiger partial charge in [0, 0.05) is 28.5 Å². The van der Waals surface area contributed by atoms with Gasteiger partial charge in [0.2, 0.25) is 17.8 Å². The summed E-state index contributed by atoms with van der Waals surface area (Å²) in [5, 5.41) is 7.35. The van der Waals surface area contributed by atoms with Gasteiger partial charge < -0.3 is 15.2 Å². The summed E-state index contributed by atoms with van der Waals surface area (Å²) in [6.07, 6.45) is 1.38. The first kappa shape index (κ1) is 21.2. The molecule has 6 nitrogen and oxygen atoms in total. The minimum Gasteiger partial charge on any atom is -0.465 e. The number of aromatic nitrogens is 2. The van der Waals surface area contributed by atoms with Crippen molar-refractivity contribution in [2.24, 2.45) is 5.73 Å². The summed E-state index contributed by atoms with van der Waals surface area (Å²) in [7, 11) is 0. The summed E-state index contributed by atoms with van der Waals surface area (Å²) in [4.78, 5) is 7.57. The number of hydrogen-bond donors (Lipinski definition) is 2. The number of fused-ring (bicyclic) bond motifs is 2. The molecule has 0 bridgehead atoms. The van der Waals surface area contributed by atoms with Gasteiger partial charge in [-0.2, -0.15) is 13.8 Å². The highest BCUT2D eigenvalue weighted by molar-refractivity contribution is 5.69. The van der Waals surface area contributed by atoms with E-state index < -0.39 is 23.8 Å². The van der Waals surface area contributed by atoms with E-state index >= 15 is 0 Å². The SMILES string of the molecule is CC.Cc1cc2c(nc1F)Oc1ccc(-c3cccnc3F)cc1C2COC(=N)N. The fourth-order valence-electron chi connectivity index (χ4n) is 3.23. The molecule has 1 aromatic carbocycles. The van der Waals surface area contributed by atoms with E-state index in [4.69, 9.17) is 20.6 Å². The van der Waals surface area contributed by atoms with Crippen LogP contribution in [0.4, 0.5) is 8.78 Å². The highest BCUT2D eigenvalue weighted by atomic mass is 19.1. The van der Waals surface area contributed by atoms with Gasteiger partial charge in [0.1, 0.15) is 12.4 Å². The maximum Gasteiger partial charge on any atom is 0.279 e. The first-order valence-corrected chi connectivity index (χ1v) is 9.50. The third kappa shape index (κ3) is 4.07. The van der Waals surface area contributed by atoms with Crippen LogP contribution in [0.15, 0.2) is 42.6 Å². The number of ether oxygens (including phenoxy) is 2. The number of nitrogens with two attached hydrogens (primary N) is 1. The average Bonchev–Trinajstić information content (AvgIpc) is 2.74. The molecule has 1 aliphatic rings. The van der Waals surface area contributed by atoms with Gasteiger partial charge in [-0.15, -0.1) is 0 Å². The molecule has 0 spiro atoms. The fourth-order valence-corrected chi connectivity index (χ4v) is 3.23. The summed E-state index contributed by atoms with van der Waals surface area (Å²) < 4.78 is 39.1. The molecule has 30 heavy (non-hydrogen) atoms. The topological polar surface area (TPSA) is 94.1 Å². The van der Waals surface area contributed by atoms with Gasteiger partial charge in [0.25, 0.3) is 6.02 Å². The fraction of sp³-hybridized carbons (Fsp3) is 0.227. The third-order valence-electron chi connectivity index (χ3n) is 4.59. The number of nitrogens with one attached hydrogen (secondary N) is 1. The largest absolute Gasteiger partial charge is 0.465 e. The van der Waals surface area contributed by atoms with E-state index in [0.29, 0.717) is 33.6 Å². The van der Waals surface area contributed by atoms with Gasteiger partial charge in [0.05, 0.1) is 5.92 Å². The van der Waals surface area contributed by atoms with Gasteiger partial charge >= 0.3 is 0 Å². The lowest BCUT2D eigenvalue weighted by Gasteiger charge is -2.28. The maximum absolute atomic E-state index is 14.1. The predicted molar refractivity (Wildman–Crippen MR) is 110 cm³/mol.